The average molecular weight is 358 g/mol. The SMILES string of the molecule is C#CCC1CC(O)C(c2cc(-c3ncc(Cl)cc3F)ccc2C)C1=O. The highest BCUT2D eigenvalue weighted by molar-refractivity contribution is 6.30. The third kappa shape index (κ3) is 3.30. The van der Waals surface area contributed by atoms with Crippen LogP contribution in [0.5, 0.6) is 0 Å². The minimum atomic E-state index is -0.789. The molecule has 0 spiro atoms. The van der Waals surface area contributed by atoms with Crippen LogP contribution in [-0.4, -0.2) is 22.0 Å². The molecule has 1 fully saturated rings. The van der Waals surface area contributed by atoms with Gasteiger partial charge in [0.1, 0.15) is 11.5 Å². The van der Waals surface area contributed by atoms with Gasteiger partial charge in [-0.25, -0.2) is 4.39 Å². The maximum atomic E-state index is 14.2. The van der Waals surface area contributed by atoms with Gasteiger partial charge < -0.3 is 5.11 Å². The number of pyridine rings is 1. The predicted molar refractivity (Wildman–Crippen MR) is 94.7 cm³/mol. The van der Waals surface area contributed by atoms with Crippen molar-refractivity contribution >= 4 is 17.4 Å². The van der Waals surface area contributed by atoms with Crippen LogP contribution in [0.4, 0.5) is 4.39 Å². The summed E-state index contributed by atoms with van der Waals surface area (Å²) in [6, 6.07) is 6.46. The van der Waals surface area contributed by atoms with Gasteiger partial charge in [0.2, 0.25) is 0 Å². The maximum Gasteiger partial charge on any atom is 0.150 e. The van der Waals surface area contributed by atoms with Crippen LogP contribution in [0.25, 0.3) is 11.3 Å². The van der Waals surface area contributed by atoms with Crippen molar-refractivity contribution in [3.63, 3.8) is 0 Å². The zero-order valence-electron chi connectivity index (χ0n) is 13.7. The molecule has 2 aromatic rings. The highest BCUT2D eigenvalue weighted by Crippen LogP contribution is 2.39. The summed E-state index contributed by atoms with van der Waals surface area (Å²) < 4.78 is 14.2. The zero-order chi connectivity index (χ0) is 18.1. The molecule has 128 valence electrons. The molecule has 1 saturated carbocycles. The van der Waals surface area contributed by atoms with E-state index >= 15 is 0 Å². The number of rotatable bonds is 3. The molecule has 1 aromatic heterocycles. The molecule has 1 aliphatic carbocycles. The Hall–Kier alpha value is -2.22. The number of hydrogen-bond acceptors (Lipinski definition) is 3. The number of aromatic nitrogens is 1. The number of terminal acetylenes is 1. The second kappa shape index (κ2) is 6.95. The second-order valence-electron chi connectivity index (χ2n) is 6.34. The van der Waals surface area contributed by atoms with Gasteiger partial charge in [-0.3, -0.25) is 9.78 Å². The molecule has 0 radical (unpaired) electrons. The fourth-order valence-corrected chi connectivity index (χ4v) is 3.57. The Bertz CT molecular complexity index is 874. The Kier molecular flexibility index (Phi) is 4.89. The summed E-state index contributed by atoms with van der Waals surface area (Å²) in [5.41, 5.74) is 2.24. The van der Waals surface area contributed by atoms with Crippen molar-refractivity contribution in [2.45, 2.75) is 31.8 Å². The maximum absolute atomic E-state index is 14.2. The summed E-state index contributed by atoms with van der Waals surface area (Å²) in [6.45, 7) is 1.86. The summed E-state index contributed by atoms with van der Waals surface area (Å²) >= 11 is 5.75. The van der Waals surface area contributed by atoms with Gasteiger partial charge in [0.15, 0.2) is 5.82 Å². The molecule has 0 amide bonds. The van der Waals surface area contributed by atoms with E-state index in [1.807, 2.05) is 6.92 Å². The van der Waals surface area contributed by atoms with Crippen molar-refractivity contribution < 1.29 is 14.3 Å². The van der Waals surface area contributed by atoms with Gasteiger partial charge in [-0.05, 0) is 36.6 Å². The predicted octanol–water partition coefficient (Wildman–Crippen LogP) is 3.91. The number of aryl methyl sites for hydroxylation is 1. The Morgan fingerprint density at radius 2 is 2.20 bits per heavy atom. The molecule has 3 rings (SSSR count). The Labute approximate surface area is 150 Å². The molecule has 3 nitrogen and oxygen atoms in total. The lowest BCUT2D eigenvalue weighted by molar-refractivity contribution is -0.122. The summed E-state index contributed by atoms with van der Waals surface area (Å²) in [5, 5.41) is 10.6. The van der Waals surface area contributed by atoms with Gasteiger partial charge in [0.05, 0.1) is 17.0 Å². The van der Waals surface area contributed by atoms with Crippen molar-refractivity contribution in [3.8, 4) is 23.6 Å². The minimum Gasteiger partial charge on any atom is -0.392 e. The van der Waals surface area contributed by atoms with Crippen LogP contribution in [0.3, 0.4) is 0 Å². The molecular weight excluding hydrogens is 341 g/mol. The zero-order valence-corrected chi connectivity index (χ0v) is 14.4. The fourth-order valence-electron chi connectivity index (χ4n) is 3.42. The molecule has 1 aliphatic rings. The lowest BCUT2D eigenvalue weighted by Gasteiger charge is -2.17. The fraction of sp³-hybridized carbons (Fsp3) is 0.300. The van der Waals surface area contributed by atoms with Crippen LogP contribution in [0.15, 0.2) is 30.5 Å². The van der Waals surface area contributed by atoms with Gasteiger partial charge in [-0.15, -0.1) is 12.3 Å². The van der Waals surface area contributed by atoms with Crippen LogP contribution in [0.2, 0.25) is 5.02 Å². The van der Waals surface area contributed by atoms with E-state index in [0.29, 0.717) is 24.0 Å². The van der Waals surface area contributed by atoms with Gasteiger partial charge >= 0.3 is 0 Å². The van der Waals surface area contributed by atoms with Crippen LogP contribution >= 0.6 is 11.6 Å². The molecule has 3 unspecified atom stereocenters. The summed E-state index contributed by atoms with van der Waals surface area (Å²) in [4.78, 5) is 16.7. The number of carbonyl (C=O) groups excluding carboxylic acids is 1. The molecule has 0 saturated heterocycles. The number of halogens is 2. The average Bonchev–Trinajstić information content (AvgIpc) is 2.83. The van der Waals surface area contributed by atoms with Crippen LogP contribution in [0.1, 0.15) is 29.9 Å². The molecule has 1 N–H and O–H groups in total. The molecule has 5 heteroatoms. The summed E-state index contributed by atoms with van der Waals surface area (Å²) in [5.74, 6) is 0.917. The molecule has 3 atom stereocenters. The van der Waals surface area contributed by atoms with Crippen LogP contribution in [0, 0.1) is 31.0 Å². The minimum absolute atomic E-state index is 0.0600. The summed E-state index contributed by atoms with van der Waals surface area (Å²) in [7, 11) is 0. The first-order valence-corrected chi connectivity index (χ1v) is 8.37. The van der Waals surface area contributed by atoms with Gasteiger partial charge in [-0.2, -0.15) is 0 Å². The molecular formula is C20H17ClFNO2. The number of hydrogen-bond donors (Lipinski definition) is 1. The first-order valence-electron chi connectivity index (χ1n) is 7.99. The molecule has 25 heavy (non-hydrogen) atoms. The van der Waals surface area contributed by atoms with Crippen molar-refractivity contribution in [1.29, 1.82) is 0 Å². The first-order chi connectivity index (χ1) is 11.9. The molecule has 0 aliphatic heterocycles. The van der Waals surface area contributed by atoms with Crippen molar-refractivity contribution in [1.82, 2.24) is 4.98 Å². The Balaban J connectivity index is 2.03. The number of Topliss-reactive ketones (excluding diaryl/α,β-unsaturated/α-hetero) is 1. The van der Waals surface area contributed by atoms with Crippen LogP contribution in [-0.2, 0) is 4.79 Å². The Morgan fingerprint density at radius 3 is 2.88 bits per heavy atom. The van der Waals surface area contributed by atoms with Gasteiger partial charge in [0.25, 0.3) is 0 Å². The second-order valence-corrected chi connectivity index (χ2v) is 6.78. The smallest absolute Gasteiger partial charge is 0.150 e. The van der Waals surface area contributed by atoms with Crippen molar-refractivity contribution in [2.75, 3.05) is 0 Å². The Morgan fingerprint density at radius 1 is 1.44 bits per heavy atom. The van der Waals surface area contributed by atoms with E-state index in [1.165, 1.54) is 12.3 Å². The molecule has 1 aromatic carbocycles. The lowest BCUT2D eigenvalue weighted by atomic mass is 9.88. The molecule has 0 bridgehead atoms. The van der Waals surface area contributed by atoms with E-state index in [0.717, 1.165) is 5.56 Å². The third-order valence-electron chi connectivity index (χ3n) is 4.68. The highest BCUT2D eigenvalue weighted by Gasteiger charge is 2.42. The van der Waals surface area contributed by atoms with Gasteiger partial charge in [-0.1, -0.05) is 23.7 Å². The van der Waals surface area contributed by atoms with E-state index in [1.54, 1.807) is 18.2 Å². The first kappa shape index (κ1) is 17.6. The molecule has 1 heterocycles. The standard InChI is InChI=1S/C20H17ClFNO2/c1-3-4-13-8-17(24)18(20(13)25)15-7-12(6-5-11(15)2)19-16(22)9-14(21)10-23-19/h1,5-7,9-10,13,17-18,24H,4,8H2,2H3. The third-order valence-corrected chi connectivity index (χ3v) is 4.89. The van der Waals surface area contributed by atoms with Crippen LogP contribution < -0.4 is 0 Å². The number of benzene rings is 1. The van der Waals surface area contributed by atoms with E-state index in [9.17, 15) is 14.3 Å². The normalized spacial score (nSPS) is 22.8. The number of nitrogens with zero attached hydrogens (tertiary/aromatic N) is 1. The highest BCUT2D eigenvalue weighted by atomic mass is 35.5. The largest absolute Gasteiger partial charge is 0.392 e. The van der Waals surface area contributed by atoms with Gasteiger partial charge in [0, 0.05) is 24.1 Å². The van der Waals surface area contributed by atoms with Crippen molar-refractivity contribution in [2.24, 2.45) is 5.92 Å². The number of carbonyl (C=O) groups is 1. The van der Waals surface area contributed by atoms with E-state index in [4.69, 9.17) is 18.0 Å². The quantitative estimate of drug-likeness (QED) is 0.847. The topological polar surface area (TPSA) is 50.2 Å². The monoisotopic (exact) mass is 357 g/mol. The van der Waals surface area contributed by atoms with Crippen molar-refractivity contribution in [3.05, 3.63) is 52.4 Å². The lowest BCUT2D eigenvalue weighted by Crippen LogP contribution is -2.19. The van der Waals surface area contributed by atoms with E-state index in [2.05, 4.69) is 10.9 Å². The van der Waals surface area contributed by atoms with E-state index in [-0.39, 0.29) is 22.4 Å². The number of aliphatic hydroxyl groups is 1. The van der Waals surface area contributed by atoms with E-state index < -0.39 is 17.8 Å². The summed E-state index contributed by atoms with van der Waals surface area (Å²) in [6.07, 6.45) is 6.57. The number of aliphatic hydroxyl groups excluding tert-OH is 1. The number of ketones is 1.